The van der Waals surface area contributed by atoms with E-state index in [0.29, 0.717) is 12.0 Å². The highest BCUT2D eigenvalue weighted by Gasteiger charge is 2.51. The molecule has 4 atom stereocenters. The minimum atomic E-state index is -0.958. The lowest BCUT2D eigenvalue weighted by atomic mass is 9.82. The highest BCUT2D eigenvalue weighted by molar-refractivity contribution is 7.10. The third-order valence-electron chi connectivity index (χ3n) is 4.76. The average molecular weight is 348 g/mol. The fourth-order valence-electron chi connectivity index (χ4n) is 3.67. The minimum absolute atomic E-state index is 0.0645. The number of carboxylic acid groups (broad SMARTS) is 1. The van der Waals surface area contributed by atoms with E-state index >= 15 is 0 Å². The zero-order valence-corrected chi connectivity index (χ0v) is 14.1. The van der Waals surface area contributed by atoms with Crippen molar-refractivity contribution < 1.29 is 19.5 Å². The van der Waals surface area contributed by atoms with Crippen molar-refractivity contribution in [3.05, 3.63) is 34.0 Å². The highest BCUT2D eigenvalue weighted by Crippen LogP contribution is 2.48. The van der Waals surface area contributed by atoms with Crippen LogP contribution < -0.4 is 10.9 Å². The van der Waals surface area contributed by atoms with Gasteiger partial charge in [0.1, 0.15) is 0 Å². The van der Waals surface area contributed by atoms with E-state index in [2.05, 4.69) is 17.8 Å². The van der Waals surface area contributed by atoms with E-state index in [-0.39, 0.29) is 17.7 Å². The first kappa shape index (κ1) is 16.7. The van der Waals surface area contributed by atoms with Gasteiger partial charge < -0.3 is 5.11 Å². The van der Waals surface area contributed by atoms with Gasteiger partial charge in [0.25, 0.3) is 5.91 Å². The first-order valence-corrected chi connectivity index (χ1v) is 8.98. The second-order valence-corrected chi connectivity index (χ2v) is 7.33. The fourth-order valence-corrected chi connectivity index (χ4v) is 4.64. The van der Waals surface area contributed by atoms with Gasteiger partial charge in [0.15, 0.2) is 0 Å². The van der Waals surface area contributed by atoms with Gasteiger partial charge in [-0.2, -0.15) is 0 Å². The fraction of sp³-hybridized carbons (Fsp3) is 0.471. The van der Waals surface area contributed by atoms with Crippen molar-refractivity contribution in [3.63, 3.8) is 0 Å². The second kappa shape index (κ2) is 6.76. The number of aryl methyl sites for hydroxylation is 1. The van der Waals surface area contributed by atoms with Crippen molar-refractivity contribution in [2.75, 3.05) is 0 Å². The molecule has 0 radical (unpaired) electrons. The lowest BCUT2D eigenvalue weighted by molar-refractivity contribution is -0.148. The molecule has 1 aromatic heterocycles. The number of thiophene rings is 1. The molecule has 0 aliphatic heterocycles. The van der Waals surface area contributed by atoms with Gasteiger partial charge in [-0.05, 0) is 30.7 Å². The summed E-state index contributed by atoms with van der Waals surface area (Å²) in [5.74, 6) is -3.27. The Balaban J connectivity index is 1.59. The van der Waals surface area contributed by atoms with Crippen LogP contribution >= 0.6 is 11.3 Å². The number of carboxylic acids is 1. The van der Waals surface area contributed by atoms with E-state index in [1.54, 1.807) is 5.38 Å². The number of carbonyl (C=O) groups excluding carboxylic acids is 2. The van der Waals surface area contributed by atoms with Crippen LogP contribution in [0.2, 0.25) is 0 Å². The van der Waals surface area contributed by atoms with E-state index in [1.807, 2.05) is 18.2 Å². The number of amides is 2. The third-order valence-corrected chi connectivity index (χ3v) is 5.76. The van der Waals surface area contributed by atoms with Gasteiger partial charge >= 0.3 is 5.97 Å². The largest absolute Gasteiger partial charge is 0.481 e. The first-order valence-electron chi connectivity index (χ1n) is 8.10. The molecule has 6 nitrogen and oxygen atoms in total. The third kappa shape index (κ3) is 3.08. The molecule has 3 N–H and O–H groups in total. The van der Waals surface area contributed by atoms with Crippen LogP contribution in [0.25, 0.3) is 0 Å². The summed E-state index contributed by atoms with van der Waals surface area (Å²) in [5, 5.41) is 11.1. The van der Waals surface area contributed by atoms with Crippen molar-refractivity contribution in [3.8, 4) is 0 Å². The Kier molecular flexibility index (Phi) is 4.71. The Labute approximate surface area is 143 Å². The number of aliphatic carboxylic acids is 1. The molecule has 1 aromatic rings. The summed E-state index contributed by atoms with van der Waals surface area (Å²) in [6.07, 6.45) is 6.40. The summed E-state index contributed by atoms with van der Waals surface area (Å²) in [7, 11) is 0. The van der Waals surface area contributed by atoms with Gasteiger partial charge in [-0.15, -0.1) is 11.3 Å². The molecule has 2 aliphatic rings. The molecular formula is C17H20N2O4S. The number of rotatable bonds is 5. The van der Waals surface area contributed by atoms with E-state index in [1.165, 1.54) is 11.3 Å². The molecule has 1 fully saturated rings. The Morgan fingerprint density at radius 3 is 2.58 bits per heavy atom. The lowest BCUT2D eigenvalue weighted by Crippen LogP contribution is -2.48. The average Bonchev–Trinajstić information content (AvgIpc) is 3.27. The molecule has 0 unspecified atom stereocenters. The van der Waals surface area contributed by atoms with Gasteiger partial charge in [-0.1, -0.05) is 25.5 Å². The van der Waals surface area contributed by atoms with E-state index in [4.69, 9.17) is 0 Å². The first-order chi connectivity index (χ1) is 11.5. The molecular weight excluding hydrogens is 328 g/mol. The monoisotopic (exact) mass is 348 g/mol. The number of hydrogen-bond acceptors (Lipinski definition) is 4. The summed E-state index contributed by atoms with van der Waals surface area (Å²) in [6.45, 7) is 2.07. The molecule has 3 rings (SSSR count). The zero-order valence-electron chi connectivity index (χ0n) is 13.3. The summed E-state index contributed by atoms with van der Waals surface area (Å²) in [6, 6.07) is 1.82. The molecule has 24 heavy (non-hydrogen) atoms. The van der Waals surface area contributed by atoms with Gasteiger partial charge in [0.2, 0.25) is 5.91 Å². The number of hydrazine groups is 1. The quantitative estimate of drug-likeness (QED) is 0.560. The minimum Gasteiger partial charge on any atom is -0.481 e. The molecule has 1 saturated carbocycles. The molecule has 2 amide bonds. The van der Waals surface area contributed by atoms with E-state index < -0.39 is 23.7 Å². The van der Waals surface area contributed by atoms with E-state index in [0.717, 1.165) is 17.7 Å². The Morgan fingerprint density at radius 1 is 1.21 bits per heavy atom. The number of allylic oxidation sites excluding steroid dienone is 2. The Bertz CT molecular complexity index is 697. The van der Waals surface area contributed by atoms with Crippen molar-refractivity contribution in [2.24, 2.45) is 23.7 Å². The van der Waals surface area contributed by atoms with Crippen LogP contribution in [0, 0.1) is 23.7 Å². The highest BCUT2D eigenvalue weighted by atomic mass is 32.1. The Morgan fingerprint density at radius 2 is 1.92 bits per heavy atom. The van der Waals surface area contributed by atoms with Gasteiger partial charge in [0.05, 0.1) is 17.4 Å². The lowest BCUT2D eigenvalue weighted by Gasteiger charge is -2.23. The molecule has 2 bridgehead atoms. The van der Waals surface area contributed by atoms with Gasteiger partial charge in [-0.25, -0.2) is 0 Å². The molecule has 128 valence electrons. The number of fused-ring (bicyclic) bond motifs is 2. The standard InChI is InChI=1S/C17H20N2O4S/c1-2-3-12-7-11(8-24-12)15(20)18-19-16(21)13-9-4-5-10(6-9)14(13)17(22)23/h4-5,7-10,13-14H,2-3,6H2,1H3,(H,18,20)(H,19,21)(H,22,23)/t9-,10-,13+,14+/m0/s1. The van der Waals surface area contributed by atoms with Crippen molar-refractivity contribution in [2.45, 2.75) is 26.2 Å². The van der Waals surface area contributed by atoms with Crippen LogP contribution in [0.5, 0.6) is 0 Å². The van der Waals surface area contributed by atoms with Gasteiger partial charge in [0, 0.05) is 10.3 Å². The summed E-state index contributed by atoms with van der Waals surface area (Å²) in [5.41, 5.74) is 5.31. The van der Waals surface area contributed by atoms with Gasteiger partial charge in [-0.3, -0.25) is 25.2 Å². The van der Waals surface area contributed by atoms with Crippen molar-refractivity contribution in [1.82, 2.24) is 10.9 Å². The Hall–Kier alpha value is -2.15. The van der Waals surface area contributed by atoms with Crippen molar-refractivity contribution in [1.29, 1.82) is 0 Å². The molecule has 0 saturated heterocycles. The van der Waals surface area contributed by atoms with Crippen LogP contribution in [-0.4, -0.2) is 22.9 Å². The maximum absolute atomic E-state index is 12.4. The van der Waals surface area contributed by atoms with E-state index in [9.17, 15) is 19.5 Å². The molecule has 1 heterocycles. The van der Waals surface area contributed by atoms with Crippen LogP contribution in [0.1, 0.15) is 35.0 Å². The predicted octanol–water partition coefficient (Wildman–Crippen LogP) is 1.98. The predicted molar refractivity (Wildman–Crippen MR) is 89.3 cm³/mol. The van der Waals surface area contributed by atoms with Crippen molar-refractivity contribution >= 4 is 29.1 Å². The SMILES string of the molecule is CCCc1cc(C(=O)NNC(=O)[C@H]2[C@H](C(=O)O)[C@H]3C=C[C@H]2C3)cs1. The topological polar surface area (TPSA) is 95.5 Å². The maximum atomic E-state index is 12.4. The molecule has 7 heteroatoms. The normalized spacial score (nSPS) is 27.2. The molecule has 0 spiro atoms. The second-order valence-electron chi connectivity index (χ2n) is 6.33. The summed E-state index contributed by atoms with van der Waals surface area (Å²) < 4.78 is 0. The number of nitrogens with one attached hydrogen (secondary N) is 2. The number of hydrogen-bond donors (Lipinski definition) is 3. The van der Waals surface area contributed by atoms with Crippen LogP contribution in [0.15, 0.2) is 23.6 Å². The van der Waals surface area contributed by atoms with Crippen LogP contribution in [-0.2, 0) is 16.0 Å². The van der Waals surface area contributed by atoms with Crippen LogP contribution in [0.3, 0.4) is 0 Å². The summed E-state index contributed by atoms with van der Waals surface area (Å²) >= 11 is 1.52. The summed E-state index contributed by atoms with van der Waals surface area (Å²) in [4.78, 5) is 37.0. The molecule has 0 aromatic carbocycles. The smallest absolute Gasteiger partial charge is 0.307 e. The maximum Gasteiger partial charge on any atom is 0.307 e. The zero-order chi connectivity index (χ0) is 17.3. The molecule has 2 aliphatic carbocycles. The van der Waals surface area contributed by atoms with Crippen LogP contribution in [0.4, 0.5) is 0 Å². The number of carbonyl (C=O) groups is 3.